The van der Waals surface area contributed by atoms with Crippen LogP contribution in [0.5, 0.6) is 23.0 Å². The van der Waals surface area contributed by atoms with Gasteiger partial charge in [-0.05, 0) is 109 Å². The van der Waals surface area contributed by atoms with Gasteiger partial charge in [0.2, 0.25) is 0 Å². The number of carboxylic acids is 2. The van der Waals surface area contributed by atoms with Crippen molar-refractivity contribution in [1.29, 1.82) is 0 Å². The number of rotatable bonds is 10. The van der Waals surface area contributed by atoms with Crippen LogP contribution < -0.4 is 20.1 Å². The number of hydrogen-bond donors (Lipinski definition) is 4. The van der Waals surface area contributed by atoms with Crippen molar-refractivity contribution in [3.63, 3.8) is 0 Å². The van der Waals surface area contributed by atoms with E-state index in [1.54, 1.807) is 72.8 Å². The fraction of sp³-hybridized carbons (Fsp3) is 0. The largest absolute Gasteiger partial charge is 0.478 e. The summed E-state index contributed by atoms with van der Waals surface area (Å²) in [6.45, 7) is 0. The number of terminal acetylenes is 2. The maximum Gasteiger partial charge on any atom is 0.336 e. The molecule has 0 heterocycles. The van der Waals surface area contributed by atoms with E-state index >= 15 is 0 Å². The lowest BCUT2D eigenvalue weighted by Crippen LogP contribution is -2.16. The Hall–Kier alpha value is -7.30. The summed E-state index contributed by atoms with van der Waals surface area (Å²) in [6.07, 6.45) is 10.7. The maximum atomic E-state index is 12.8. The molecule has 5 aromatic carbocycles. The molecule has 5 rings (SSSR count). The molecule has 234 valence electrons. The van der Waals surface area contributed by atoms with E-state index in [1.165, 1.54) is 36.4 Å². The number of carbonyl (C=O) groups excluding carboxylic acids is 2. The molecule has 0 aromatic heterocycles. The molecule has 0 bridgehead atoms. The van der Waals surface area contributed by atoms with Crippen molar-refractivity contribution in [1.82, 2.24) is 0 Å². The molecule has 5 aromatic rings. The molecule has 0 saturated heterocycles. The first kappa shape index (κ1) is 32.1. The van der Waals surface area contributed by atoms with Crippen molar-refractivity contribution < 1.29 is 38.9 Å². The highest BCUT2D eigenvalue weighted by molar-refractivity contribution is 6.11. The van der Waals surface area contributed by atoms with Crippen LogP contribution in [0.15, 0.2) is 109 Å². The van der Waals surface area contributed by atoms with Crippen molar-refractivity contribution >= 4 is 35.1 Å². The van der Waals surface area contributed by atoms with Gasteiger partial charge < -0.3 is 30.3 Å². The van der Waals surface area contributed by atoms with Gasteiger partial charge in [0.15, 0.2) is 0 Å². The van der Waals surface area contributed by atoms with Crippen molar-refractivity contribution in [3.05, 3.63) is 143 Å². The van der Waals surface area contributed by atoms with E-state index in [1.807, 2.05) is 0 Å². The molecule has 0 aliphatic heterocycles. The van der Waals surface area contributed by atoms with Gasteiger partial charge in [0.05, 0.1) is 22.3 Å². The SMILES string of the molecule is C#Cc1ccc(C(=O)Nc2ccc(Oc3ccc(Oc4ccc(NC(=O)c5cc(C#C)ccc5C(=O)O)cc4)cc3)cc2)c(C(=O)O)c1. The minimum absolute atomic E-state index is 0.0225. The summed E-state index contributed by atoms with van der Waals surface area (Å²) in [5.41, 5.74) is 1.15. The second kappa shape index (κ2) is 14.2. The Bertz CT molecular complexity index is 2120. The Morgan fingerprint density at radius 3 is 1.23 bits per heavy atom. The molecule has 0 atom stereocenters. The van der Waals surface area contributed by atoms with Gasteiger partial charge in [0.1, 0.15) is 23.0 Å². The molecular formula is C38H24N2O8. The average Bonchev–Trinajstić information content (AvgIpc) is 3.10. The lowest BCUT2D eigenvalue weighted by atomic mass is 10.0. The van der Waals surface area contributed by atoms with Crippen molar-refractivity contribution in [2.75, 3.05) is 10.6 Å². The number of nitrogens with one attached hydrogen (secondary N) is 2. The number of carboxylic acid groups (broad SMARTS) is 2. The first-order chi connectivity index (χ1) is 23.1. The molecular weight excluding hydrogens is 612 g/mol. The maximum absolute atomic E-state index is 12.8. The monoisotopic (exact) mass is 636 g/mol. The van der Waals surface area contributed by atoms with Gasteiger partial charge in [0.25, 0.3) is 11.8 Å². The van der Waals surface area contributed by atoms with Crippen molar-refractivity contribution in [3.8, 4) is 47.7 Å². The Kier molecular flexibility index (Phi) is 9.50. The summed E-state index contributed by atoms with van der Waals surface area (Å²) < 4.78 is 11.8. The number of amides is 2. The smallest absolute Gasteiger partial charge is 0.336 e. The lowest BCUT2D eigenvalue weighted by Gasteiger charge is -2.11. The van der Waals surface area contributed by atoms with E-state index in [-0.39, 0.29) is 22.3 Å². The zero-order chi connectivity index (χ0) is 34.2. The van der Waals surface area contributed by atoms with E-state index in [0.29, 0.717) is 45.5 Å². The summed E-state index contributed by atoms with van der Waals surface area (Å²) in [5, 5.41) is 24.2. The fourth-order valence-corrected chi connectivity index (χ4v) is 4.47. The minimum atomic E-state index is -1.26. The summed E-state index contributed by atoms with van der Waals surface area (Å²) in [6, 6.07) is 28.1. The van der Waals surface area contributed by atoms with E-state index in [9.17, 15) is 29.4 Å². The molecule has 0 spiro atoms. The average molecular weight is 637 g/mol. The number of aromatic carboxylic acids is 2. The molecule has 0 aliphatic rings. The van der Waals surface area contributed by atoms with Gasteiger partial charge in [-0.25, -0.2) is 9.59 Å². The highest BCUT2D eigenvalue weighted by atomic mass is 16.5. The van der Waals surface area contributed by atoms with E-state index < -0.39 is 23.8 Å². The number of anilines is 2. The van der Waals surface area contributed by atoms with Crippen LogP contribution in [0.3, 0.4) is 0 Å². The summed E-state index contributed by atoms with van der Waals surface area (Å²) >= 11 is 0. The van der Waals surface area contributed by atoms with Crippen molar-refractivity contribution in [2.24, 2.45) is 0 Å². The van der Waals surface area contributed by atoms with E-state index in [4.69, 9.17) is 22.3 Å². The van der Waals surface area contributed by atoms with Crippen LogP contribution in [0, 0.1) is 24.7 Å². The highest BCUT2D eigenvalue weighted by Gasteiger charge is 2.18. The molecule has 10 heteroatoms. The standard InChI is InChI=1S/C38H24N2O8/c1-3-23-6-20-32(37(43)44)33(21-23)36(42)40-26-9-13-28(14-10-26)48-30-17-15-29(16-18-30)47-27-11-7-25(8-12-27)39-35(41)31-19-5-24(4-2)22-34(31)38(45)46/h1-2,5-22H,(H,39,41)(H,40,42)(H,43,44)(H,45,46). The fourth-order valence-electron chi connectivity index (χ4n) is 4.47. The van der Waals surface area contributed by atoms with Gasteiger partial charge in [0, 0.05) is 22.5 Å². The number of hydrogen-bond acceptors (Lipinski definition) is 6. The topological polar surface area (TPSA) is 151 Å². The van der Waals surface area contributed by atoms with Crippen LogP contribution in [0.4, 0.5) is 11.4 Å². The molecule has 0 aliphatic carbocycles. The van der Waals surface area contributed by atoms with Gasteiger partial charge in [-0.2, -0.15) is 0 Å². The predicted octanol–water partition coefficient (Wildman–Crippen LogP) is 7.13. The normalized spacial score (nSPS) is 10.1. The highest BCUT2D eigenvalue weighted by Crippen LogP contribution is 2.28. The summed E-state index contributed by atoms with van der Waals surface area (Å²) in [4.78, 5) is 48.7. The quantitative estimate of drug-likeness (QED) is 0.118. The zero-order valence-corrected chi connectivity index (χ0v) is 24.9. The first-order valence-electron chi connectivity index (χ1n) is 14.1. The number of benzene rings is 5. The molecule has 10 nitrogen and oxygen atoms in total. The van der Waals surface area contributed by atoms with Crippen LogP contribution in [0.2, 0.25) is 0 Å². The number of ether oxygens (including phenoxy) is 2. The van der Waals surface area contributed by atoms with E-state index in [2.05, 4.69) is 22.5 Å². The zero-order valence-electron chi connectivity index (χ0n) is 24.9. The molecule has 0 unspecified atom stereocenters. The Morgan fingerprint density at radius 2 is 0.833 bits per heavy atom. The summed E-state index contributed by atoms with van der Waals surface area (Å²) in [7, 11) is 0. The van der Waals surface area contributed by atoms with Gasteiger partial charge in [-0.1, -0.05) is 11.8 Å². The molecule has 0 radical (unpaired) electrons. The Labute approximate surface area is 274 Å². The number of carbonyl (C=O) groups is 4. The molecule has 48 heavy (non-hydrogen) atoms. The summed E-state index contributed by atoms with van der Waals surface area (Å²) in [5.74, 6) is 3.04. The molecule has 2 amide bonds. The van der Waals surface area contributed by atoms with E-state index in [0.717, 1.165) is 0 Å². The third-order valence-electron chi connectivity index (χ3n) is 6.84. The Morgan fingerprint density at radius 1 is 0.479 bits per heavy atom. The Balaban J connectivity index is 1.16. The van der Waals surface area contributed by atoms with Crippen LogP contribution in [-0.4, -0.2) is 34.0 Å². The van der Waals surface area contributed by atoms with Gasteiger partial charge in [-0.3, -0.25) is 9.59 Å². The predicted molar refractivity (Wildman–Crippen MR) is 178 cm³/mol. The van der Waals surface area contributed by atoms with Gasteiger partial charge >= 0.3 is 11.9 Å². The minimum Gasteiger partial charge on any atom is -0.478 e. The van der Waals surface area contributed by atoms with Crippen LogP contribution in [0.25, 0.3) is 0 Å². The third kappa shape index (κ3) is 7.67. The molecule has 4 N–H and O–H groups in total. The van der Waals surface area contributed by atoms with Crippen LogP contribution >= 0.6 is 0 Å². The van der Waals surface area contributed by atoms with Gasteiger partial charge in [-0.15, -0.1) is 12.8 Å². The van der Waals surface area contributed by atoms with Crippen LogP contribution in [-0.2, 0) is 0 Å². The second-order valence-electron chi connectivity index (χ2n) is 10.1. The lowest BCUT2D eigenvalue weighted by molar-refractivity contribution is 0.0683. The van der Waals surface area contributed by atoms with Crippen LogP contribution in [0.1, 0.15) is 52.6 Å². The second-order valence-corrected chi connectivity index (χ2v) is 10.1. The molecule has 0 fully saturated rings. The van der Waals surface area contributed by atoms with Crippen molar-refractivity contribution in [2.45, 2.75) is 0 Å². The third-order valence-corrected chi connectivity index (χ3v) is 6.84. The molecule has 0 saturated carbocycles. The first-order valence-corrected chi connectivity index (χ1v) is 14.1.